The van der Waals surface area contributed by atoms with Crippen molar-refractivity contribution >= 4 is 44.5 Å². The molecule has 1 saturated heterocycles. The highest BCUT2D eigenvalue weighted by molar-refractivity contribution is 7.89. The van der Waals surface area contributed by atoms with Gasteiger partial charge in [-0.25, -0.2) is 17.9 Å². The van der Waals surface area contributed by atoms with Crippen molar-refractivity contribution in [3.05, 3.63) is 42.5 Å². The summed E-state index contributed by atoms with van der Waals surface area (Å²) in [5.41, 5.74) is 5.45. The minimum atomic E-state index is -3.83. The number of carbonyl (C=O) groups excluding carboxylic acids is 3. The highest BCUT2D eigenvalue weighted by Gasteiger charge is 2.40. The van der Waals surface area contributed by atoms with Crippen molar-refractivity contribution < 1.29 is 32.7 Å². The summed E-state index contributed by atoms with van der Waals surface area (Å²) in [5, 5.41) is 16.3. The number of hydrogen-bond donors (Lipinski definition) is 5. The lowest BCUT2D eigenvalue weighted by atomic mass is 10.1. The molecule has 0 spiro atoms. The maximum Gasteiger partial charge on any atom is 0.326 e. The van der Waals surface area contributed by atoms with E-state index in [1.54, 1.807) is 12.1 Å². The van der Waals surface area contributed by atoms with E-state index in [1.165, 1.54) is 17.9 Å². The molecule has 3 rings (SSSR count). The molecule has 1 aliphatic heterocycles. The number of rotatable bonds is 13. The SMILES string of the molecule is CC(=O)N1C[C@@H](NC(=O)CCNS(=O)(=O)c2ccc3ccccc3c2)C[C@@H]1C(=O)N[C@H](CCCCN)C(=O)O. The second-order valence-corrected chi connectivity index (χ2v) is 11.3. The maximum atomic E-state index is 12.9. The topological polar surface area (TPSA) is 188 Å². The Bertz CT molecular complexity index is 1320. The van der Waals surface area contributed by atoms with Crippen molar-refractivity contribution in [2.75, 3.05) is 19.6 Å². The number of nitrogens with zero attached hydrogens (tertiary/aromatic N) is 1. The van der Waals surface area contributed by atoms with Gasteiger partial charge in [0, 0.05) is 32.5 Å². The molecule has 0 bridgehead atoms. The zero-order chi connectivity index (χ0) is 28.6. The van der Waals surface area contributed by atoms with Gasteiger partial charge >= 0.3 is 5.97 Å². The van der Waals surface area contributed by atoms with Crippen LogP contribution in [0.3, 0.4) is 0 Å². The normalized spacial score (nSPS) is 18.1. The summed E-state index contributed by atoms with van der Waals surface area (Å²) in [7, 11) is -3.83. The van der Waals surface area contributed by atoms with Gasteiger partial charge in [0.25, 0.3) is 0 Å². The van der Waals surface area contributed by atoms with Gasteiger partial charge in [0.05, 0.1) is 4.90 Å². The van der Waals surface area contributed by atoms with E-state index in [1.807, 2.05) is 24.3 Å². The Morgan fingerprint density at radius 3 is 2.49 bits per heavy atom. The Morgan fingerprint density at radius 2 is 1.82 bits per heavy atom. The van der Waals surface area contributed by atoms with Gasteiger partial charge in [-0.1, -0.05) is 30.3 Å². The first kappa shape index (κ1) is 30.0. The monoisotopic (exact) mass is 561 g/mol. The van der Waals surface area contributed by atoms with Crippen LogP contribution in [0.15, 0.2) is 47.4 Å². The van der Waals surface area contributed by atoms with Crippen molar-refractivity contribution in [2.45, 2.75) is 62.0 Å². The number of carboxylic acid groups (broad SMARTS) is 1. The number of nitrogens with two attached hydrogens (primary N) is 1. The fraction of sp³-hybridized carbons (Fsp3) is 0.462. The van der Waals surface area contributed by atoms with E-state index < -0.39 is 45.9 Å². The number of aliphatic carboxylic acids is 1. The molecule has 0 aliphatic carbocycles. The first-order chi connectivity index (χ1) is 18.5. The lowest BCUT2D eigenvalue weighted by Crippen LogP contribution is -2.50. The molecule has 2 aromatic rings. The van der Waals surface area contributed by atoms with Gasteiger partial charge in [0.1, 0.15) is 12.1 Å². The Hall–Kier alpha value is -3.55. The molecule has 1 heterocycles. The van der Waals surface area contributed by atoms with Crippen molar-refractivity contribution in [1.82, 2.24) is 20.3 Å². The van der Waals surface area contributed by atoms with E-state index >= 15 is 0 Å². The van der Waals surface area contributed by atoms with E-state index in [4.69, 9.17) is 5.73 Å². The third-order valence-corrected chi connectivity index (χ3v) is 8.07. The standard InChI is InChI=1S/C26H35N5O7S/c1-17(32)31-16-20(15-23(31)25(34)30-22(26(35)36)8-4-5-12-27)29-24(33)11-13-28-39(37,38)21-10-9-18-6-2-3-7-19(18)14-21/h2-3,6-7,9-10,14,20,22-23,28H,4-5,8,11-13,15-16,27H2,1H3,(H,29,33)(H,30,34)(H,35,36)/t20-,22+,23+/m0/s1. The maximum absolute atomic E-state index is 12.9. The molecule has 0 radical (unpaired) electrons. The molecule has 39 heavy (non-hydrogen) atoms. The van der Waals surface area contributed by atoms with E-state index in [2.05, 4.69) is 15.4 Å². The highest BCUT2D eigenvalue weighted by Crippen LogP contribution is 2.20. The molecule has 1 fully saturated rings. The second kappa shape index (κ2) is 13.5. The number of sulfonamides is 1. The summed E-state index contributed by atoms with van der Waals surface area (Å²) < 4.78 is 27.8. The average molecular weight is 562 g/mol. The van der Waals surface area contributed by atoms with E-state index in [0.29, 0.717) is 19.4 Å². The number of carbonyl (C=O) groups is 4. The molecule has 6 N–H and O–H groups in total. The molecule has 13 heteroatoms. The second-order valence-electron chi connectivity index (χ2n) is 9.53. The van der Waals surface area contributed by atoms with Crippen LogP contribution in [0, 0.1) is 0 Å². The van der Waals surface area contributed by atoms with Crippen molar-refractivity contribution in [3.8, 4) is 0 Å². The lowest BCUT2D eigenvalue weighted by molar-refractivity contribution is -0.143. The van der Waals surface area contributed by atoms with Gasteiger partial charge in [-0.3, -0.25) is 14.4 Å². The summed E-state index contributed by atoms with van der Waals surface area (Å²) >= 11 is 0. The summed E-state index contributed by atoms with van der Waals surface area (Å²) in [4.78, 5) is 50.5. The van der Waals surface area contributed by atoms with E-state index in [-0.39, 0.29) is 43.2 Å². The number of benzene rings is 2. The largest absolute Gasteiger partial charge is 0.480 e. The molecule has 0 unspecified atom stereocenters. The van der Waals surface area contributed by atoms with Crippen molar-refractivity contribution in [3.63, 3.8) is 0 Å². The molecule has 12 nitrogen and oxygen atoms in total. The first-order valence-electron chi connectivity index (χ1n) is 12.8. The van der Waals surface area contributed by atoms with Crippen LogP contribution in [0.2, 0.25) is 0 Å². The average Bonchev–Trinajstić information content (AvgIpc) is 3.32. The zero-order valence-corrected chi connectivity index (χ0v) is 22.6. The third kappa shape index (κ3) is 8.22. The number of hydrogen-bond acceptors (Lipinski definition) is 7. The summed E-state index contributed by atoms with van der Waals surface area (Å²) in [5.74, 6) is -2.62. The summed E-state index contributed by atoms with van der Waals surface area (Å²) in [6, 6.07) is 9.54. The van der Waals surface area contributed by atoms with Crippen molar-refractivity contribution in [1.29, 1.82) is 0 Å². The Kier molecular flexibility index (Phi) is 10.4. The Labute approximate surface area is 227 Å². The molecule has 0 saturated carbocycles. The first-order valence-corrected chi connectivity index (χ1v) is 14.3. The molecular weight excluding hydrogens is 526 g/mol. The van der Waals surface area contributed by atoms with Gasteiger partial charge < -0.3 is 26.4 Å². The van der Waals surface area contributed by atoms with Gasteiger partial charge in [-0.05, 0) is 55.1 Å². The minimum Gasteiger partial charge on any atom is -0.480 e. The summed E-state index contributed by atoms with van der Waals surface area (Å²) in [6.07, 6.45) is 1.31. The Balaban J connectivity index is 1.53. The number of nitrogens with one attached hydrogen (secondary N) is 3. The fourth-order valence-electron chi connectivity index (χ4n) is 4.57. The van der Waals surface area contributed by atoms with Crippen LogP contribution in [0.5, 0.6) is 0 Å². The van der Waals surface area contributed by atoms with Crippen LogP contribution < -0.4 is 21.1 Å². The van der Waals surface area contributed by atoms with Gasteiger partial charge in [0.2, 0.25) is 27.7 Å². The minimum absolute atomic E-state index is 0.0763. The highest BCUT2D eigenvalue weighted by atomic mass is 32.2. The van der Waals surface area contributed by atoms with Gasteiger partial charge in [-0.2, -0.15) is 0 Å². The molecule has 2 aromatic carbocycles. The molecule has 3 atom stereocenters. The predicted octanol–water partition coefficient (Wildman–Crippen LogP) is 0.312. The van der Waals surface area contributed by atoms with Crippen LogP contribution in [0.1, 0.15) is 39.0 Å². The third-order valence-electron chi connectivity index (χ3n) is 6.61. The molecule has 3 amide bonds. The number of carboxylic acids is 1. The lowest BCUT2D eigenvalue weighted by Gasteiger charge is -2.24. The fourth-order valence-corrected chi connectivity index (χ4v) is 5.64. The Morgan fingerprint density at radius 1 is 1.10 bits per heavy atom. The van der Waals surface area contributed by atoms with E-state index in [9.17, 15) is 32.7 Å². The van der Waals surface area contributed by atoms with Crippen LogP contribution in [-0.4, -0.2) is 79.9 Å². The van der Waals surface area contributed by atoms with Crippen LogP contribution in [-0.2, 0) is 29.2 Å². The molecule has 212 valence electrons. The molecule has 1 aliphatic rings. The smallest absolute Gasteiger partial charge is 0.326 e. The van der Waals surface area contributed by atoms with Crippen LogP contribution in [0.25, 0.3) is 10.8 Å². The molecular formula is C26H35N5O7S. The van der Waals surface area contributed by atoms with Crippen LogP contribution >= 0.6 is 0 Å². The van der Waals surface area contributed by atoms with Crippen molar-refractivity contribution in [2.24, 2.45) is 5.73 Å². The number of unbranched alkanes of at least 4 members (excludes halogenated alkanes) is 1. The summed E-state index contributed by atoms with van der Waals surface area (Å²) in [6.45, 7) is 1.64. The van der Waals surface area contributed by atoms with E-state index in [0.717, 1.165) is 10.8 Å². The number of fused-ring (bicyclic) bond motifs is 1. The predicted molar refractivity (Wildman–Crippen MR) is 144 cm³/mol. The quantitative estimate of drug-likeness (QED) is 0.216. The number of amides is 3. The van der Waals surface area contributed by atoms with Gasteiger partial charge in [-0.15, -0.1) is 0 Å². The zero-order valence-electron chi connectivity index (χ0n) is 21.8. The van der Waals surface area contributed by atoms with Crippen LogP contribution in [0.4, 0.5) is 0 Å². The molecule has 0 aromatic heterocycles. The number of likely N-dealkylation sites (tertiary alicyclic amines) is 1. The van der Waals surface area contributed by atoms with Gasteiger partial charge in [0.15, 0.2) is 0 Å².